The molecule has 0 radical (unpaired) electrons. The lowest BCUT2D eigenvalue weighted by Gasteiger charge is -2.14. The number of pyridine rings is 1. The van der Waals surface area contributed by atoms with E-state index in [4.69, 9.17) is 4.74 Å². The Hall–Kier alpha value is -3.84. The summed E-state index contributed by atoms with van der Waals surface area (Å²) in [5.41, 5.74) is 2.68. The molecule has 0 aliphatic carbocycles. The molecule has 0 fully saturated rings. The van der Waals surface area contributed by atoms with Crippen molar-refractivity contribution >= 4 is 32.1 Å². The minimum atomic E-state index is -3.85. The summed E-state index contributed by atoms with van der Waals surface area (Å²) in [6.45, 7) is 0. The number of benzene rings is 3. The highest BCUT2D eigenvalue weighted by Gasteiger charge is 2.20. The van der Waals surface area contributed by atoms with Crippen LogP contribution in [0.3, 0.4) is 0 Å². The van der Waals surface area contributed by atoms with Crippen molar-refractivity contribution in [1.29, 1.82) is 0 Å². The number of anilines is 1. The lowest BCUT2D eigenvalue weighted by atomic mass is 10.1. The molecule has 2 heterocycles. The van der Waals surface area contributed by atoms with Gasteiger partial charge >= 0.3 is 0 Å². The summed E-state index contributed by atoms with van der Waals surface area (Å²) < 4.78 is 36.6. The van der Waals surface area contributed by atoms with E-state index in [2.05, 4.69) is 9.71 Å². The van der Waals surface area contributed by atoms with Crippen molar-refractivity contribution in [2.24, 2.45) is 0 Å². The Kier molecular flexibility index (Phi) is 4.60. The Balaban J connectivity index is 1.58. The lowest BCUT2D eigenvalue weighted by Crippen LogP contribution is -2.14. The molecule has 7 heteroatoms. The van der Waals surface area contributed by atoms with Crippen LogP contribution in [0.15, 0.2) is 96.2 Å². The molecular weight excluding hydrogens is 410 g/mol. The van der Waals surface area contributed by atoms with Crippen LogP contribution in [0.4, 0.5) is 5.69 Å². The zero-order valence-corrected chi connectivity index (χ0v) is 17.5. The van der Waals surface area contributed by atoms with Crippen LogP contribution in [0.5, 0.6) is 5.75 Å². The maximum atomic E-state index is 13.3. The number of hydrogen-bond acceptors (Lipinski definition) is 4. The smallest absolute Gasteiger partial charge is 0.262 e. The molecule has 0 aliphatic heterocycles. The first-order chi connectivity index (χ1) is 15.0. The van der Waals surface area contributed by atoms with Crippen LogP contribution in [0.2, 0.25) is 0 Å². The van der Waals surface area contributed by atoms with Gasteiger partial charge in [-0.05, 0) is 41.8 Å². The van der Waals surface area contributed by atoms with Gasteiger partial charge in [-0.2, -0.15) is 0 Å². The standard InChI is InChI=1S/C24H19N3O3S/c1-30-22-13-12-18(21-16-27-14-5-4-11-24(27)25-21)15-20(22)26-31(28,29)23-10-6-8-17-7-2-3-9-19(17)23/h2-16,26H,1H3. The van der Waals surface area contributed by atoms with E-state index in [1.165, 1.54) is 7.11 Å². The predicted molar refractivity (Wildman–Crippen MR) is 122 cm³/mol. The largest absolute Gasteiger partial charge is 0.495 e. The van der Waals surface area contributed by atoms with Crippen molar-refractivity contribution in [2.45, 2.75) is 4.90 Å². The van der Waals surface area contributed by atoms with Gasteiger partial charge in [0.05, 0.1) is 23.4 Å². The van der Waals surface area contributed by atoms with Gasteiger partial charge in [0, 0.05) is 23.3 Å². The predicted octanol–water partition coefficient (Wildman–Crippen LogP) is 4.96. The van der Waals surface area contributed by atoms with Gasteiger partial charge in [0.15, 0.2) is 0 Å². The fraction of sp³-hybridized carbons (Fsp3) is 0.0417. The van der Waals surface area contributed by atoms with E-state index in [0.717, 1.165) is 22.3 Å². The van der Waals surface area contributed by atoms with E-state index in [9.17, 15) is 8.42 Å². The first-order valence-corrected chi connectivity index (χ1v) is 11.2. The zero-order chi connectivity index (χ0) is 21.4. The van der Waals surface area contributed by atoms with Crippen molar-refractivity contribution in [3.8, 4) is 17.0 Å². The van der Waals surface area contributed by atoms with E-state index in [-0.39, 0.29) is 4.90 Å². The number of ether oxygens (including phenoxy) is 1. The fourth-order valence-corrected chi connectivity index (χ4v) is 4.94. The number of fused-ring (bicyclic) bond motifs is 2. The SMILES string of the molecule is COc1ccc(-c2cn3ccccc3n2)cc1NS(=O)(=O)c1cccc2ccccc12. The Morgan fingerprint density at radius 2 is 1.74 bits per heavy atom. The molecule has 0 aliphatic rings. The summed E-state index contributed by atoms with van der Waals surface area (Å²) >= 11 is 0. The molecule has 2 aromatic heterocycles. The number of rotatable bonds is 5. The Labute approximate surface area is 179 Å². The van der Waals surface area contributed by atoms with Crippen molar-refractivity contribution in [2.75, 3.05) is 11.8 Å². The summed E-state index contributed by atoms with van der Waals surface area (Å²) in [4.78, 5) is 4.83. The molecule has 0 saturated carbocycles. The molecule has 3 aromatic carbocycles. The maximum absolute atomic E-state index is 13.3. The highest BCUT2D eigenvalue weighted by molar-refractivity contribution is 7.93. The molecule has 6 nitrogen and oxygen atoms in total. The van der Waals surface area contributed by atoms with E-state index in [0.29, 0.717) is 16.8 Å². The number of imidazole rings is 1. The molecule has 1 N–H and O–H groups in total. The van der Waals surface area contributed by atoms with Gasteiger partial charge in [-0.15, -0.1) is 0 Å². The molecule has 31 heavy (non-hydrogen) atoms. The van der Waals surface area contributed by atoms with Crippen molar-refractivity contribution < 1.29 is 13.2 Å². The Morgan fingerprint density at radius 1 is 0.935 bits per heavy atom. The molecule has 0 bridgehead atoms. The monoisotopic (exact) mass is 429 g/mol. The molecule has 0 atom stereocenters. The number of nitrogens with one attached hydrogen (secondary N) is 1. The zero-order valence-electron chi connectivity index (χ0n) is 16.7. The van der Waals surface area contributed by atoms with Crippen molar-refractivity contribution in [1.82, 2.24) is 9.38 Å². The van der Waals surface area contributed by atoms with Crippen LogP contribution in [0.25, 0.3) is 27.7 Å². The van der Waals surface area contributed by atoms with Gasteiger partial charge in [0.25, 0.3) is 10.0 Å². The van der Waals surface area contributed by atoms with Crippen LogP contribution < -0.4 is 9.46 Å². The molecule has 0 spiro atoms. The quantitative estimate of drug-likeness (QED) is 0.428. The molecule has 0 unspecified atom stereocenters. The maximum Gasteiger partial charge on any atom is 0.262 e. The van der Waals surface area contributed by atoms with Gasteiger partial charge in [-0.1, -0.05) is 42.5 Å². The molecular formula is C24H19N3O3S. The lowest BCUT2D eigenvalue weighted by molar-refractivity contribution is 0.417. The summed E-state index contributed by atoms with van der Waals surface area (Å²) in [6.07, 6.45) is 3.82. The van der Waals surface area contributed by atoms with Crippen LogP contribution in [-0.4, -0.2) is 24.9 Å². The first kappa shape index (κ1) is 19.1. The molecule has 0 amide bonds. The number of sulfonamides is 1. The summed E-state index contributed by atoms with van der Waals surface area (Å²) in [7, 11) is -2.34. The van der Waals surface area contributed by atoms with E-state index in [1.807, 2.05) is 65.3 Å². The van der Waals surface area contributed by atoms with Gasteiger partial charge in [0.1, 0.15) is 11.4 Å². The Bertz CT molecular complexity index is 1490. The summed E-state index contributed by atoms with van der Waals surface area (Å²) in [6, 6.07) is 23.7. The number of methoxy groups -OCH3 is 1. The number of nitrogens with zero attached hydrogens (tertiary/aromatic N) is 2. The molecule has 0 saturated heterocycles. The highest BCUT2D eigenvalue weighted by Crippen LogP contribution is 2.33. The van der Waals surface area contributed by atoms with Gasteiger partial charge < -0.3 is 9.14 Å². The van der Waals surface area contributed by atoms with Crippen LogP contribution in [0, 0.1) is 0 Å². The number of aromatic nitrogens is 2. The van der Waals surface area contributed by atoms with Gasteiger partial charge in [0.2, 0.25) is 0 Å². The van der Waals surface area contributed by atoms with E-state index < -0.39 is 10.0 Å². The molecule has 5 rings (SSSR count). The van der Waals surface area contributed by atoms with E-state index in [1.54, 1.807) is 30.3 Å². The van der Waals surface area contributed by atoms with Crippen molar-refractivity contribution in [3.05, 3.63) is 91.3 Å². The normalized spacial score (nSPS) is 11.6. The highest BCUT2D eigenvalue weighted by atomic mass is 32.2. The molecule has 154 valence electrons. The molecule has 5 aromatic rings. The minimum absolute atomic E-state index is 0.214. The van der Waals surface area contributed by atoms with Crippen LogP contribution >= 0.6 is 0 Å². The third-order valence-electron chi connectivity index (χ3n) is 5.14. The summed E-state index contributed by atoms with van der Waals surface area (Å²) in [5.74, 6) is 0.427. The van der Waals surface area contributed by atoms with Gasteiger partial charge in [-0.25, -0.2) is 13.4 Å². The van der Waals surface area contributed by atoms with E-state index >= 15 is 0 Å². The first-order valence-electron chi connectivity index (χ1n) is 9.68. The second-order valence-corrected chi connectivity index (χ2v) is 8.74. The van der Waals surface area contributed by atoms with Gasteiger partial charge in [-0.3, -0.25) is 4.72 Å². The average molecular weight is 430 g/mol. The minimum Gasteiger partial charge on any atom is -0.495 e. The third kappa shape index (κ3) is 3.49. The van der Waals surface area contributed by atoms with Crippen LogP contribution in [0.1, 0.15) is 0 Å². The van der Waals surface area contributed by atoms with Crippen molar-refractivity contribution in [3.63, 3.8) is 0 Å². The number of hydrogen-bond donors (Lipinski definition) is 1. The second-order valence-electron chi connectivity index (χ2n) is 7.09. The average Bonchev–Trinajstić information content (AvgIpc) is 3.23. The Morgan fingerprint density at radius 3 is 2.58 bits per heavy atom. The third-order valence-corrected chi connectivity index (χ3v) is 6.57. The van der Waals surface area contributed by atoms with Crippen LogP contribution in [-0.2, 0) is 10.0 Å². The fourth-order valence-electron chi connectivity index (χ4n) is 3.65. The summed E-state index contributed by atoms with van der Waals surface area (Å²) in [5, 5.41) is 1.52. The second kappa shape index (κ2) is 7.45. The topological polar surface area (TPSA) is 72.7 Å².